The molecule has 0 saturated carbocycles. The number of benzene rings is 10. The van der Waals surface area contributed by atoms with Gasteiger partial charge in [0.1, 0.15) is 64.0 Å². The number of para-hydroxylation sites is 2. The molecule has 0 fully saturated rings. The molecule has 0 amide bonds. The molecule has 32 heteroatoms. The molecule has 0 atom stereocenters. The Morgan fingerprint density at radius 2 is 0.788 bits per heavy atom. The number of aliphatic hydroxyl groups is 1. The van der Waals surface area contributed by atoms with Crippen LogP contribution in [0.5, 0.6) is 57.5 Å². The molecule has 0 bridgehead atoms. The smallest absolute Gasteiger partial charge is 0.394 e. The number of aliphatic hydroxyl groups excluding tert-OH is 1. The Kier molecular flexibility index (Phi) is 43.4. The van der Waals surface area contributed by atoms with Crippen molar-refractivity contribution >= 4 is 109 Å². The lowest BCUT2D eigenvalue weighted by molar-refractivity contribution is -0.134. The predicted molar refractivity (Wildman–Crippen MR) is 398 cm³/mol. The van der Waals surface area contributed by atoms with E-state index in [1.807, 2.05) is 49.5 Å². The standard InChI is InChI=1S/C13H13NO.C8H9NO3.C8H11NO2.C7H10N2O.C7H9NO.C6H8N2O2.C6H8N2O.2C6H7NO.2ClH.H2O4S/c15-13-8-6-12(7-9-13)14-10-11-4-2-1-3-5-11;10-7-3-1-6(2-4-7)9-5-8(11)12;10-6-5-9-7-1-3-8(11)4-2-7;1-4-2-5(8)3-6(9)7(4)10;1-8-6-2-4-7(9)5-3-6;7-3-1-2-4(9)5(8)6(3)10;7-4-1-2-6(9)5(8)3-4;7-5-1-3-6(8)4-2-5;7-5-3-1-2-4-6(5)8;;;1-5(2,3)4/h1-9,14-15H,10H2;1-4,9-10H,5H2,(H,11,12);1-4,9-11H,5-6H2;2-3,10H,8-9H2,1H3;2-5,8-9H,1H3;1-2,9-10H,7-8H2;1-3,9H,7-8H2;2*1-4,8H,7H2;2*1H;(H2,1,2,3,4). The lowest BCUT2D eigenvalue weighted by Gasteiger charge is -2.06. The number of carboxylic acid groups (broad SMARTS) is 1. The van der Waals surface area contributed by atoms with Crippen molar-refractivity contribution in [3.05, 3.63) is 230 Å². The average molecular weight is 1430 g/mol. The predicted octanol–water partition coefficient (Wildman–Crippen LogP) is 9.95. The van der Waals surface area contributed by atoms with E-state index in [4.69, 9.17) is 125 Å². The maximum absolute atomic E-state index is 10.1. The van der Waals surface area contributed by atoms with E-state index in [1.54, 1.807) is 128 Å². The minimum absolute atomic E-state index is 0. The minimum atomic E-state index is -4.67. The summed E-state index contributed by atoms with van der Waals surface area (Å²) in [6.07, 6.45) is 0. The number of rotatable bonds is 10. The monoisotopic (exact) mass is 1430 g/mol. The topological polar surface area (TPSA) is 591 Å². The highest BCUT2D eigenvalue weighted by molar-refractivity contribution is 7.79. The lowest BCUT2D eigenvalue weighted by Crippen LogP contribution is -2.11. The summed E-state index contributed by atoms with van der Waals surface area (Å²) >= 11 is 0. The average Bonchev–Trinajstić information content (AvgIpc) is 0.895. The van der Waals surface area contributed by atoms with Gasteiger partial charge in [0.15, 0.2) is 5.75 Å². The zero-order valence-corrected chi connectivity index (χ0v) is 55.9. The molecule has 34 N–H and O–H groups in total. The molecule has 99 heavy (non-hydrogen) atoms. The molecule has 0 unspecified atom stereocenters. The number of anilines is 12. The molecule has 0 aromatic heterocycles. The summed E-state index contributed by atoms with van der Waals surface area (Å²) in [5.74, 6) is 0.254. The van der Waals surface area contributed by atoms with Gasteiger partial charge in [0.25, 0.3) is 0 Å². The summed E-state index contributed by atoms with van der Waals surface area (Å²) in [5, 5.41) is 118. The van der Waals surface area contributed by atoms with E-state index in [2.05, 4.69) is 33.4 Å². The zero-order valence-electron chi connectivity index (χ0n) is 53.4. The molecule has 10 aromatic rings. The van der Waals surface area contributed by atoms with Crippen molar-refractivity contribution in [2.45, 2.75) is 13.5 Å². The van der Waals surface area contributed by atoms with Crippen LogP contribution in [0.15, 0.2) is 218 Å². The van der Waals surface area contributed by atoms with Gasteiger partial charge in [-0.15, -0.1) is 24.8 Å². The van der Waals surface area contributed by atoms with Gasteiger partial charge in [-0.25, -0.2) is 0 Å². The summed E-state index contributed by atoms with van der Waals surface area (Å²) in [4.78, 5) is 10.1. The Bertz CT molecular complexity index is 3880. The van der Waals surface area contributed by atoms with Crippen LogP contribution in [0.3, 0.4) is 0 Å². The second kappa shape index (κ2) is 48.4. The first kappa shape index (κ1) is 88.7. The molecule has 10 rings (SSSR count). The molecular weight excluding hydrogens is 1350 g/mol. The molecule has 536 valence electrons. The second-order valence-electron chi connectivity index (χ2n) is 19.3. The van der Waals surface area contributed by atoms with E-state index >= 15 is 0 Å². The highest BCUT2D eigenvalue weighted by Gasteiger charge is 2.05. The number of carboxylic acids is 1. The first-order valence-corrected chi connectivity index (χ1v) is 29.6. The van der Waals surface area contributed by atoms with Crippen molar-refractivity contribution in [1.29, 1.82) is 0 Å². The largest absolute Gasteiger partial charge is 0.508 e. The molecular formula is C67H86Cl2N12O17S. The van der Waals surface area contributed by atoms with Gasteiger partial charge >= 0.3 is 16.4 Å². The van der Waals surface area contributed by atoms with E-state index in [0.29, 0.717) is 63.4 Å². The number of hydrogen-bond acceptors (Lipinski definition) is 26. The Balaban J connectivity index is 0. The fourth-order valence-corrected chi connectivity index (χ4v) is 6.53. The fourth-order valence-electron chi connectivity index (χ4n) is 6.53. The summed E-state index contributed by atoms with van der Waals surface area (Å²) in [7, 11) is -2.83. The Morgan fingerprint density at radius 3 is 1.16 bits per heavy atom. The molecule has 0 saturated heterocycles. The van der Waals surface area contributed by atoms with Gasteiger partial charge in [-0.1, -0.05) is 42.5 Å². The van der Waals surface area contributed by atoms with E-state index in [1.165, 1.54) is 48.0 Å². The minimum Gasteiger partial charge on any atom is -0.508 e. The zero-order chi connectivity index (χ0) is 73.0. The van der Waals surface area contributed by atoms with Gasteiger partial charge in [-0.05, 0) is 194 Å². The molecule has 0 aliphatic carbocycles. The highest BCUT2D eigenvalue weighted by Crippen LogP contribution is 2.34. The number of aliphatic carboxylic acids is 1. The molecule has 0 aliphatic heterocycles. The molecule has 0 heterocycles. The number of hydrogen-bond donors (Lipinski definition) is 26. The van der Waals surface area contributed by atoms with Crippen LogP contribution in [0.2, 0.25) is 0 Å². The van der Waals surface area contributed by atoms with E-state index < -0.39 is 16.4 Å². The number of nitrogens with two attached hydrogens (primary N) is 8. The summed E-state index contributed by atoms with van der Waals surface area (Å²) in [6, 6.07) is 60.7. The van der Waals surface area contributed by atoms with Crippen LogP contribution in [0.1, 0.15) is 11.1 Å². The Hall–Kier alpha value is -12.3. The van der Waals surface area contributed by atoms with E-state index in [0.717, 1.165) is 23.6 Å². The van der Waals surface area contributed by atoms with Gasteiger partial charge in [-0.3, -0.25) is 13.9 Å². The maximum Gasteiger partial charge on any atom is 0.394 e. The maximum atomic E-state index is 10.1. The van der Waals surface area contributed by atoms with Crippen LogP contribution in [-0.4, -0.2) is 112 Å². The highest BCUT2D eigenvalue weighted by atomic mass is 35.5. The normalized spacial score (nSPS) is 9.34. The quantitative estimate of drug-likeness (QED) is 0.0262. The van der Waals surface area contributed by atoms with Crippen molar-refractivity contribution in [3.8, 4) is 57.5 Å². The van der Waals surface area contributed by atoms with Crippen LogP contribution in [0.4, 0.5) is 68.2 Å². The van der Waals surface area contributed by atoms with Crippen molar-refractivity contribution < 1.29 is 83.6 Å². The van der Waals surface area contributed by atoms with Crippen molar-refractivity contribution in [2.75, 3.05) is 93.9 Å². The van der Waals surface area contributed by atoms with Crippen LogP contribution < -0.4 is 67.1 Å². The van der Waals surface area contributed by atoms with Crippen LogP contribution in [-0.2, 0) is 21.7 Å². The van der Waals surface area contributed by atoms with Gasteiger partial charge in [0.2, 0.25) is 0 Å². The lowest BCUT2D eigenvalue weighted by atomic mass is 10.2. The van der Waals surface area contributed by atoms with Crippen LogP contribution in [0.25, 0.3) is 0 Å². The number of aromatic hydroxyl groups is 10. The first-order chi connectivity index (χ1) is 45.7. The third-order valence-corrected chi connectivity index (χ3v) is 11.4. The fraction of sp³-hybridized carbons (Fsp3) is 0.0896. The summed E-state index contributed by atoms with van der Waals surface area (Å²) in [5.41, 5.74) is 51.0. The van der Waals surface area contributed by atoms with Crippen molar-refractivity contribution in [1.82, 2.24) is 0 Å². The van der Waals surface area contributed by atoms with E-state index in [-0.39, 0.29) is 95.3 Å². The van der Waals surface area contributed by atoms with Gasteiger partial charge in [0.05, 0.1) is 29.4 Å². The third kappa shape index (κ3) is 42.6. The number of nitrogens with one attached hydrogen (secondary N) is 4. The van der Waals surface area contributed by atoms with Gasteiger partial charge in [-0.2, -0.15) is 8.42 Å². The van der Waals surface area contributed by atoms with E-state index in [9.17, 15) is 4.79 Å². The van der Waals surface area contributed by atoms with Crippen LogP contribution >= 0.6 is 24.8 Å². The molecule has 0 spiro atoms. The third-order valence-electron chi connectivity index (χ3n) is 11.4. The van der Waals surface area contributed by atoms with Crippen molar-refractivity contribution in [2.24, 2.45) is 0 Å². The van der Waals surface area contributed by atoms with Gasteiger partial charge in [0, 0.05) is 59.9 Å². The Labute approximate surface area is 584 Å². The van der Waals surface area contributed by atoms with Crippen LogP contribution in [0, 0.1) is 6.92 Å². The number of nitrogen functional groups attached to an aromatic ring is 8. The first-order valence-electron chi connectivity index (χ1n) is 28.2. The SMILES string of the molecule is CNc1ccc(O)cc1.Cc1cc(N)cc(N)c1O.Cl.Cl.Nc1ccc(O)c(N)c1.Nc1ccc(O)c(N)c1O.Nc1ccc(O)cc1.Nc1ccccc1O.O=C(O)CNc1ccc(O)cc1.O=S(=O)(O)O.OCCNc1ccc(O)cc1.Oc1ccc(NCc2ccccc2)cc1. The number of halogens is 2. The molecule has 10 aromatic carbocycles. The number of phenols is 10. The second-order valence-corrected chi connectivity index (χ2v) is 20.2. The summed E-state index contributed by atoms with van der Waals surface area (Å²) in [6.45, 7) is 3.07. The molecule has 0 radical (unpaired) electrons. The van der Waals surface area contributed by atoms with Gasteiger partial charge < -0.3 is 128 Å². The Morgan fingerprint density at radius 1 is 0.404 bits per heavy atom. The van der Waals surface area contributed by atoms with Crippen molar-refractivity contribution in [3.63, 3.8) is 0 Å². The number of carbonyl (C=O) groups is 1. The number of aryl methyl sites for hydroxylation is 1. The molecule has 29 nitrogen and oxygen atoms in total. The molecule has 0 aliphatic rings. The summed E-state index contributed by atoms with van der Waals surface area (Å²) < 4.78 is 31.6. The number of phenolic OH excluding ortho intramolecular Hbond substituents is 10.